The van der Waals surface area contributed by atoms with Gasteiger partial charge in [-0.2, -0.15) is 0 Å². The highest BCUT2D eigenvalue weighted by Crippen LogP contribution is 2.34. The number of hydrogen-bond donors (Lipinski definition) is 1. The maximum absolute atomic E-state index is 12.3. The van der Waals surface area contributed by atoms with Gasteiger partial charge < -0.3 is 10.1 Å². The molecule has 0 bridgehead atoms. The van der Waals surface area contributed by atoms with Gasteiger partial charge in [-0.1, -0.05) is 46.8 Å². The maximum Gasteiger partial charge on any atom is 0.259 e. The Balaban J connectivity index is 2.58. The van der Waals surface area contributed by atoms with E-state index in [9.17, 15) is 4.79 Å². The van der Waals surface area contributed by atoms with Crippen LogP contribution in [0.15, 0.2) is 35.7 Å². The number of fused-ring (bicyclic) bond motifs is 1. The van der Waals surface area contributed by atoms with Crippen LogP contribution in [0.1, 0.15) is 45.0 Å². The van der Waals surface area contributed by atoms with Gasteiger partial charge in [-0.3, -0.25) is 4.79 Å². The van der Waals surface area contributed by atoms with Crippen LogP contribution < -0.4 is 10.1 Å². The summed E-state index contributed by atoms with van der Waals surface area (Å²) in [6.07, 6.45) is 0. The summed E-state index contributed by atoms with van der Waals surface area (Å²) >= 11 is 0. The lowest BCUT2D eigenvalue weighted by atomic mass is 9.88. The van der Waals surface area contributed by atoms with E-state index in [1.54, 1.807) is 6.07 Å². The summed E-state index contributed by atoms with van der Waals surface area (Å²) < 4.78 is 6.02. The maximum atomic E-state index is 12.3. The van der Waals surface area contributed by atoms with E-state index < -0.39 is 0 Å². The van der Waals surface area contributed by atoms with Gasteiger partial charge in [-0.15, -0.1) is 0 Å². The molecule has 0 aliphatic carbocycles. The monoisotopic (exact) mass is 259 g/mol. The molecule has 1 aromatic rings. The van der Waals surface area contributed by atoms with E-state index in [2.05, 4.69) is 39.9 Å². The zero-order valence-electron chi connectivity index (χ0n) is 12.2. The van der Waals surface area contributed by atoms with Crippen molar-refractivity contribution >= 4 is 5.91 Å². The van der Waals surface area contributed by atoms with E-state index in [0.717, 1.165) is 11.5 Å². The third-order valence-corrected chi connectivity index (χ3v) is 3.11. The lowest BCUT2D eigenvalue weighted by molar-refractivity contribution is 0.0958. The highest BCUT2D eigenvalue weighted by Gasteiger charge is 2.30. The lowest BCUT2D eigenvalue weighted by Crippen LogP contribution is -2.31. The fraction of sp³-hybridized carbons (Fsp3) is 0.438. The van der Waals surface area contributed by atoms with Gasteiger partial charge in [0.2, 0.25) is 0 Å². The SMILES string of the molecule is CC(C)C1=C(C(C)(C)C)NC(=O)c2ccccc2O1. The Kier molecular flexibility index (Phi) is 3.40. The van der Waals surface area contributed by atoms with Crippen LogP contribution in [0.4, 0.5) is 0 Å². The van der Waals surface area contributed by atoms with Crippen molar-refractivity contribution in [2.24, 2.45) is 11.3 Å². The van der Waals surface area contributed by atoms with Crippen LogP contribution in [0.3, 0.4) is 0 Å². The zero-order chi connectivity index (χ0) is 14.2. The Morgan fingerprint density at radius 2 is 1.79 bits per heavy atom. The molecule has 0 radical (unpaired) electrons. The Labute approximate surface area is 114 Å². The molecule has 0 unspecified atom stereocenters. The molecule has 1 aliphatic heterocycles. The average molecular weight is 259 g/mol. The molecule has 0 aromatic heterocycles. The molecule has 0 saturated carbocycles. The molecule has 1 N–H and O–H groups in total. The number of para-hydroxylation sites is 1. The van der Waals surface area contributed by atoms with Crippen molar-refractivity contribution < 1.29 is 9.53 Å². The molecule has 3 heteroatoms. The topological polar surface area (TPSA) is 38.3 Å². The third kappa shape index (κ3) is 2.65. The lowest BCUT2D eigenvalue weighted by Gasteiger charge is -2.26. The van der Waals surface area contributed by atoms with Gasteiger partial charge in [0.05, 0.1) is 11.3 Å². The predicted molar refractivity (Wildman–Crippen MR) is 75.9 cm³/mol. The minimum absolute atomic E-state index is 0.101. The number of amides is 1. The number of carbonyl (C=O) groups excluding carboxylic acids is 1. The van der Waals surface area contributed by atoms with Crippen molar-refractivity contribution in [1.82, 2.24) is 5.32 Å². The summed E-state index contributed by atoms with van der Waals surface area (Å²) in [6, 6.07) is 7.35. The highest BCUT2D eigenvalue weighted by atomic mass is 16.5. The van der Waals surface area contributed by atoms with Crippen LogP contribution in [0.5, 0.6) is 5.75 Å². The smallest absolute Gasteiger partial charge is 0.259 e. The number of hydrogen-bond acceptors (Lipinski definition) is 2. The molecule has 1 heterocycles. The molecule has 3 nitrogen and oxygen atoms in total. The molecule has 19 heavy (non-hydrogen) atoms. The molecule has 1 amide bonds. The van der Waals surface area contributed by atoms with Gasteiger partial charge in [-0.05, 0) is 12.1 Å². The van der Waals surface area contributed by atoms with Gasteiger partial charge in [0.1, 0.15) is 11.5 Å². The molecule has 0 saturated heterocycles. The number of rotatable bonds is 1. The van der Waals surface area contributed by atoms with Crippen LogP contribution in [0.2, 0.25) is 0 Å². The molecule has 0 fully saturated rings. The van der Waals surface area contributed by atoms with Gasteiger partial charge in [-0.25, -0.2) is 0 Å². The van der Waals surface area contributed by atoms with Crippen LogP contribution in [-0.4, -0.2) is 5.91 Å². The van der Waals surface area contributed by atoms with E-state index in [4.69, 9.17) is 4.74 Å². The van der Waals surface area contributed by atoms with E-state index in [1.165, 1.54) is 0 Å². The van der Waals surface area contributed by atoms with E-state index in [-0.39, 0.29) is 17.2 Å². The molecule has 1 aromatic carbocycles. The van der Waals surface area contributed by atoms with Crippen molar-refractivity contribution in [3.05, 3.63) is 41.3 Å². The summed E-state index contributed by atoms with van der Waals surface area (Å²) in [5.74, 6) is 1.57. The first-order chi connectivity index (χ1) is 8.80. The molecule has 102 valence electrons. The van der Waals surface area contributed by atoms with Crippen LogP contribution >= 0.6 is 0 Å². The Morgan fingerprint density at radius 3 is 2.37 bits per heavy atom. The number of ether oxygens (including phenoxy) is 1. The number of benzene rings is 1. The number of allylic oxidation sites excluding steroid dienone is 2. The van der Waals surface area contributed by atoms with Crippen molar-refractivity contribution in [1.29, 1.82) is 0 Å². The molecular formula is C16H21NO2. The number of carbonyl (C=O) groups is 1. The van der Waals surface area contributed by atoms with Gasteiger partial charge in [0.25, 0.3) is 5.91 Å². The first kappa shape index (κ1) is 13.7. The summed E-state index contributed by atoms with van der Waals surface area (Å²) in [5.41, 5.74) is 1.28. The van der Waals surface area contributed by atoms with Gasteiger partial charge in [0, 0.05) is 11.3 Å². The zero-order valence-corrected chi connectivity index (χ0v) is 12.2. The molecular weight excluding hydrogens is 238 g/mol. The minimum Gasteiger partial charge on any atom is -0.459 e. The summed E-state index contributed by atoms with van der Waals surface area (Å²) in [4.78, 5) is 12.3. The highest BCUT2D eigenvalue weighted by molar-refractivity contribution is 5.98. The van der Waals surface area contributed by atoms with Crippen molar-refractivity contribution in [3.8, 4) is 5.75 Å². The fourth-order valence-electron chi connectivity index (χ4n) is 2.12. The first-order valence-electron chi connectivity index (χ1n) is 6.63. The predicted octanol–water partition coefficient (Wildman–Crippen LogP) is 3.72. The first-order valence-corrected chi connectivity index (χ1v) is 6.63. The van der Waals surface area contributed by atoms with Crippen molar-refractivity contribution in [2.45, 2.75) is 34.6 Å². The van der Waals surface area contributed by atoms with Gasteiger partial charge >= 0.3 is 0 Å². The largest absolute Gasteiger partial charge is 0.459 e. The normalized spacial score (nSPS) is 15.8. The Bertz CT molecular complexity index is 536. The second-order valence-electron chi connectivity index (χ2n) is 6.20. The van der Waals surface area contributed by atoms with Crippen molar-refractivity contribution in [3.63, 3.8) is 0 Å². The summed E-state index contributed by atoms with van der Waals surface area (Å²) in [7, 11) is 0. The average Bonchev–Trinajstić information content (AvgIpc) is 2.46. The second-order valence-corrected chi connectivity index (χ2v) is 6.20. The fourth-order valence-corrected chi connectivity index (χ4v) is 2.12. The van der Waals surface area contributed by atoms with E-state index in [0.29, 0.717) is 11.3 Å². The third-order valence-electron chi connectivity index (χ3n) is 3.11. The Hall–Kier alpha value is -1.77. The number of nitrogens with one attached hydrogen (secondary N) is 1. The Morgan fingerprint density at radius 1 is 1.16 bits per heavy atom. The molecule has 0 spiro atoms. The standard InChI is InChI=1S/C16H21NO2/c1-10(2)13-14(16(3,4)5)17-15(18)11-8-6-7-9-12(11)19-13/h6-10H,1-5H3,(H,17,18). The van der Waals surface area contributed by atoms with Crippen LogP contribution in [0, 0.1) is 11.3 Å². The molecule has 0 atom stereocenters. The summed E-state index contributed by atoms with van der Waals surface area (Å²) in [5, 5.41) is 3.02. The summed E-state index contributed by atoms with van der Waals surface area (Å²) in [6.45, 7) is 10.4. The molecule has 1 aliphatic rings. The molecule has 2 rings (SSSR count). The van der Waals surface area contributed by atoms with E-state index >= 15 is 0 Å². The van der Waals surface area contributed by atoms with Crippen LogP contribution in [0.25, 0.3) is 0 Å². The van der Waals surface area contributed by atoms with Crippen LogP contribution in [-0.2, 0) is 0 Å². The quantitative estimate of drug-likeness (QED) is 0.834. The minimum atomic E-state index is -0.169. The van der Waals surface area contributed by atoms with Gasteiger partial charge in [0.15, 0.2) is 0 Å². The second kappa shape index (κ2) is 4.72. The van der Waals surface area contributed by atoms with Crippen molar-refractivity contribution in [2.75, 3.05) is 0 Å². The van der Waals surface area contributed by atoms with E-state index in [1.807, 2.05) is 18.2 Å².